The number of anilines is 4. The van der Waals surface area contributed by atoms with Gasteiger partial charge in [0, 0.05) is 49.6 Å². The Bertz CT molecular complexity index is 1340. The number of ketones is 1. The summed E-state index contributed by atoms with van der Waals surface area (Å²) in [6, 6.07) is 13.9. The van der Waals surface area contributed by atoms with Crippen LogP contribution in [-0.2, 0) is 16.4 Å². The Balaban J connectivity index is 1.37. The summed E-state index contributed by atoms with van der Waals surface area (Å²) in [6.45, 7) is 0.622. The number of piperidine rings is 1. The lowest BCUT2D eigenvalue weighted by molar-refractivity contribution is 0.0994. The van der Waals surface area contributed by atoms with Crippen LogP contribution in [0.2, 0.25) is 0 Å². The van der Waals surface area contributed by atoms with Crippen LogP contribution in [0.25, 0.3) is 0 Å². The molecule has 34 heavy (non-hydrogen) atoms. The largest absolute Gasteiger partial charge is 0.393 e. The molecular formula is C24H25N5O4S. The lowest BCUT2D eigenvalue weighted by Crippen LogP contribution is -2.39. The smallest absolute Gasteiger partial charge is 0.243 e. The van der Waals surface area contributed by atoms with Crippen LogP contribution >= 0.6 is 0 Å². The van der Waals surface area contributed by atoms with E-state index in [4.69, 9.17) is 0 Å². The third kappa shape index (κ3) is 4.15. The molecule has 0 spiro atoms. The SMILES string of the molecule is CN1c2ccccc2C(=O)Cc2cnc(Nc3ccc(S(=O)(=O)N4CCC(O)CC4)cc3)nc21. The van der Waals surface area contributed by atoms with Gasteiger partial charge in [-0.05, 0) is 49.2 Å². The van der Waals surface area contributed by atoms with E-state index in [1.165, 1.54) is 4.31 Å². The van der Waals surface area contributed by atoms with Crippen molar-refractivity contribution in [1.29, 1.82) is 0 Å². The second kappa shape index (κ2) is 8.79. The highest BCUT2D eigenvalue weighted by atomic mass is 32.2. The van der Waals surface area contributed by atoms with Gasteiger partial charge in [-0.25, -0.2) is 13.4 Å². The number of nitrogens with zero attached hydrogens (tertiary/aromatic N) is 4. The van der Waals surface area contributed by atoms with Crippen molar-refractivity contribution in [2.24, 2.45) is 0 Å². The average molecular weight is 480 g/mol. The molecule has 2 aliphatic rings. The number of rotatable bonds is 4. The fourth-order valence-corrected chi connectivity index (χ4v) is 5.80. The molecule has 2 aromatic carbocycles. The molecule has 0 unspecified atom stereocenters. The molecule has 2 aliphatic heterocycles. The lowest BCUT2D eigenvalue weighted by Gasteiger charge is -2.28. The Morgan fingerprint density at radius 1 is 1.06 bits per heavy atom. The summed E-state index contributed by atoms with van der Waals surface area (Å²) < 4.78 is 27.2. The minimum absolute atomic E-state index is 0.0190. The van der Waals surface area contributed by atoms with E-state index in [0.717, 1.165) is 11.3 Å². The van der Waals surface area contributed by atoms with Crippen LogP contribution in [0.3, 0.4) is 0 Å². The number of nitrogens with one attached hydrogen (secondary N) is 1. The number of Topliss-reactive ketones (excluding diaryl/α,β-unsaturated/α-hetero) is 1. The van der Waals surface area contributed by atoms with Gasteiger partial charge in [-0.15, -0.1) is 0 Å². The molecule has 3 aromatic rings. The quantitative estimate of drug-likeness (QED) is 0.587. The number of benzene rings is 2. The monoisotopic (exact) mass is 479 g/mol. The number of carbonyl (C=O) groups excluding carboxylic acids is 1. The van der Waals surface area contributed by atoms with Gasteiger partial charge in [-0.1, -0.05) is 12.1 Å². The van der Waals surface area contributed by atoms with Crippen LogP contribution in [0, 0.1) is 0 Å². The standard InChI is InChI=1S/C24H25N5O4S/c1-28-21-5-3-2-4-20(21)22(31)14-16-15-25-24(27-23(16)28)26-17-6-8-19(9-7-17)34(32,33)29-12-10-18(30)11-13-29/h2-9,15,18,30H,10-14H2,1H3,(H,25,26,27). The first kappa shape index (κ1) is 22.5. The van der Waals surface area contributed by atoms with Crippen LogP contribution in [0.15, 0.2) is 59.6 Å². The number of para-hydroxylation sites is 1. The number of hydrogen-bond acceptors (Lipinski definition) is 8. The van der Waals surface area contributed by atoms with Crippen LogP contribution in [0.5, 0.6) is 0 Å². The maximum Gasteiger partial charge on any atom is 0.243 e. The number of fused-ring (bicyclic) bond motifs is 2. The van der Waals surface area contributed by atoms with Gasteiger partial charge in [0.1, 0.15) is 5.82 Å². The zero-order chi connectivity index (χ0) is 23.9. The lowest BCUT2D eigenvalue weighted by atomic mass is 10.1. The Kier molecular flexibility index (Phi) is 5.80. The molecule has 0 radical (unpaired) electrons. The highest BCUT2D eigenvalue weighted by Crippen LogP contribution is 2.34. The summed E-state index contributed by atoms with van der Waals surface area (Å²) in [7, 11) is -1.74. The minimum Gasteiger partial charge on any atom is -0.393 e. The molecule has 1 saturated heterocycles. The zero-order valence-electron chi connectivity index (χ0n) is 18.7. The maximum absolute atomic E-state index is 12.9. The molecule has 5 rings (SSSR count). The summed E-state index contributed by atoms with van der Waals surface area (Å²) in [4.78, 5) is 23.8. The molecule has 0 aliphatic carbocycles. The van der Waals surface area contributed by atoms with Gasteiger partial charge in [-0.3, -0.25) is 4.79 Å². The number of sulfonamides is 1. The first-order valence-corrected chi connectivity index (χ1v) is 12.5. The van der Waals surface area contributed by atoms with E-state index >= 15 is 0 Å². The number of aromatic nitrogens is 2. The van der Waals surface area contributed by atoms with Crippen LogP contribution in [0.4, 0.5) is 23.1 Å². The van der Waals surface area contributed by atoms with Crippen molar-refractivity contribution in [3.8, 4) is 0 Å². The van der Waals surface area contributed by atoms with Crippen LogP contribution < -0.4 is 10.2 Å². The van der Waals surface area contributed by atoms with Gasteiger partial charge in [0.15, 0.2) is 5.78 Å². The number of hydrogen-bond donors (Lipinski definition) is 2. The Morgan fingerprint density at radius 2 is 1.76 bits per heavy atom. The van der Waals surface area contributed by atoms with E-state index in [9.17, 15) is 18.3 Å². The van der Waals surface area contributed by atoms with Crippen molar-refractivity contribution >= 4 is 38.9 Å². The van der Waals surface area contributed by atoms with Gasteiger partial charge in [0.25, 0.3) is 0 Å². The summed E-state index contributed by atoms with van der Waals surface area (Å²) in [5.41, 5.74) is 2.82. The molecule has 176 valence electrons. The van der Waals surface area contributed by atoms with Crippen molar-refractivity contribution in [3.05, 3.63) is 65.9 Å². The van der Waals surface area contributed by atoms with Gasteiger partial charge < -0.3 is 15.3 Å². The van der Waals surface area contributed by atoms with Crippen LogP contribution in [-0.4, -0.2) is 59.8 Å². The Morgan fingerprint density at radius 3 is 2.50 bits per heavy atom. The maximum atomic E-state index is 12.9. The first-order valence-electron chi connectivity index (χ1n) is 11.1. The predicted octanol–water partition coefficient (Wildman–Crippen LogP) is 2.87. The van der Waals surface area contributed by atoms with Crippen molar-refractivity contribution in [1.82, 2.24) is 14.3 Å². The van der Waals surface area contributed by atoms with Crippen molar-refractivity contribution in [2.45, 2.75) is 30.3 Å². The third-order valence-electron chi connectivity index (χ3n) is 6.25. The van der Waals surface area contributed by atoms with Gasteiger partial charge in [0.2, 0.25) is 16.0 Å². The molecule has 9 nitrogen and oxygen atoms in total. The topological polar surface area (TPSA) is 116 Å². The van der Waals surface area contributed by atoms with Crippen molar-refractivity contribution in [3.63, 3.8) is 0 Å². The molecule has 0 bridgehead atoms. The van der Waals surface area contributed by atoms with Gasteiger partial charge in [0.05, 0.1) is 16.7 Å². The Hall–Kier alpha value is -3.34. The Labute approximate surface area is 198 Å². The van der Waals surface area contributed by atoms with Crippen molar-refractivity contribution < 1.29 is 18.3 Å². The molecule has 10 heteroatoms. The van der Waals surface area contributed by atoms with Gasteiger partial charge >= 0.3 is 0 Å². The molecular weight excluding hydrogens is 454 g/mol. The normalized spacial score (nSPS) is 17.1. The summed E-state index contributed by atoms with van der Waals surface area (Å²) in [5, 5.41) is 12.8. The second-order valence-electron chi connectivity index (χ2n) is 8.50. The minimum atomic E-state index is -3.61. The average Bonchev–Trinajstić information content (AvgIpc) is 2.94. The van der Waals surface area contributed by atoms with E-state index in [1.54, 1.807) is 30.5 Å². The predicted molar refractivity (Wildman–Crippen MR) is 128 cm³/mol. The molecule has 1 aromatic heterocycles. The second-order valence-corrected chi connectivity index (χ2v) is 10.4. The van der Waals surface area contributed by atoms with E-state index in [-0.39, 0.29) is 17.1 Å². The highest BCUT2D eigenvalue weighted by molar-refractivity contribution is 7.89. The molecule has 0 atom stereocenters. The zero-order valence-corrected chi connectivity index (χ0v) is 19.5. The summed E-state index contributed by atoms with van der Waals surface area (Å²) in [5.74, 6) is 1.01. The van der Waals surface area contributed by atoms with Crippen molar-refractivity contribution in [2.75, 3.05) is 30.4 Å². The van der Waals surface area contributed by atoms with E-state index < -0.39 is 16.1 Å². The number of aliphatic hydroxyl groups is 1. The molecule has 0 saturated carbocycles. The molecule has 1 fully saturated rings. The van der Waals surface area contributed by atoms with E-state index in [0.29, 0.717) is 48.9 Å². The molecule has 0 amide bonds. The third-order valence-corrected chi connectivity index (χ3v) is 8.16. The van der Waals surface area contributed by atoms with Gasteiger partial charge in [-0.2, -0.15) is 9.29 Å². The summed E-state index contributed by atoms with van der Waals surface area (Å²) in [6.07, 6.45) is 2.31. The highest BCUT2D eigenvalue weighted by Gasteiger charge is 2.29. The number of carbonyl (C=O) groups is 1. The number of aliphatic hydroxyl groups excluding tert-OH is 1. The van der Waals surface area contributed by atoms with Crippen LogP contribution in [0.1, 0.15) is 28.8 Å². The fraction of sp³-hybridized carbons (Fsp3) is 0.292. The molecule has 2 N–H and O–H groups in total. The fourth-order valence-electron chi connectivity index (χ4n) is 4.33. The first-order chi connectivity index (χ1) is 16.3. The van der Waals surface area contributed by atoms with E-state index in [1.807, 2.05) is 36.2 Å². The summed E-state index contributed by atoms with van der Waals surface area (Å²) >= 11 is 0. The molecule has 3 heterocycles. The van der Waals surface area contributed by atoms with E-state index in [2.05, 4.69) is 15.3 Å².